The molecule has 1 amide bonds. The van der Waals surface area contributed by atoms with Gasteiger partial charge in [0.25, 0.3) is 5.91 Å². The highest BCUT2D eigenvalue weighted by molar-refractivity contribution is 7.89. The molecule has 1 atom stereocenters. The van der Waals surface area contributed by atoms with Gasteiger partial charge in [-0.15, -0.1) is 0 Å². The molecule has 7 nitrogen and oxygen atoms in total. The van der Waals surface area contributed by atoms with Crippen LogP contribution in [0, 0.1) is 11.6 Å². The topological polar surface area (TPSA) is 75.5 Å². The van der Waals surface area contributed by atoms with Gasteiger partial charge in [-0.25, -0.2) is 17.2 Å². The van der Waals surface area contributed by atoms with Gasteiger partial charge in [0.05, 0.1) is 4.90 Å². The van der Waals surface area contributed by atoms with Gasteiger partial charge in [-0.1, -0.05) is 30.3 Å². The van der Waals surface area contributed by atoms with E-state index in [2.05, 4.69) is 5.10 Å². The molecular formula is C21H20F2N4O3S. The summed E-state index contributed by atoms with van der Waals surface area (Å²) in [7, 11) is -3.99. The number of hydrogen-bond donors (Lipinski definition) is 0. The molecule has 1 saturated heterocycles. The molecule has 10 heteroatoms. The molecule has 1 aliphatic heterocycles. The van der Waals surface area contributed by atoms with E-state index in [9.17, 15) is 22.0 Å². The lowest BCUT2D eigenvalue weighted by atomic mass is 10.1. The molecule has 1 aliphatic rings. The second-order valence-corrected chi connectivity index (χ2v) is 9.04. The molecule has 0 spiro atoms. The molecule has 1 unspecified atom stereocenters. The van der Waals surface area contributed by atoms with Gasteiger partial charge in [0.15, 0.2) is 17.7 Å². The maximum absolute atomic E-state index is 13.5. The van der Waals surface area contributed by atoms with Crippen LogP contribution in [0.3, 0.4) is 0 Å². The molecule has 4 rings (SSSR count). The Hall–Kier alpha value is -3.11. The van der Waals surface area contributed by atoms with Crippen LogP contribution in [0.4, 0.5) is 8.78 Å². The van der Waals surface area contributed by atoms with Gasteiger partial charge in [-0.3, -0.25) is 9.48 Å². The number of sulfonamides is 1. The summed E-state index contributed by atoms with van der Waals surface area (Å²) in [6.45, 7) is 0.444. The van der Waals surface area contributed by atoms with Gasteiger partial charge in [-0.05, 0) is 29.8 Å². The number of carbonyl (C=O) groups is 1. The number of amides is 1. The fourth-order valence-corrected chi connectivity index (χ4v) is 5.02. The molecule has 0 saturated carbocycles. The lowest BCUT2D eigenvalue weighted by Gasteiger charge is -2.35. The summed E-state index contributed by atoms with van der Waals surface area (Å²) in [5.74, 6) is -2.53. The predicted octanol–water partition coefficient (Wildman–Crippen LogP) is 2.28. The first-order chi connectivity index (χ1) is 14.9. The third-order valence-corrected chi connectivity index (χ3v) is 7.11. The van der Waals surface area contributed by atoms with Crippen LogP contribution in [-0.2, 0) is 14.8 Å². The SMILES string of the molecule is O=C(C(c1ccccc1)n1cccn1)N1CCN(S(=O)(=O)c2ccc(F)c(F)c2)CC1. The predicted molar refractivity (Wildman–Crippen MR) is 109 cm³/mol. The summed E-state index contributed by atoms with van der Waals surface area (Å²) in [6, 6.07) is 12.8. The highest BCUT2D eigenvalue weighted by Gasteiger charge is 2.34. The fourth-order valence-electron chi connectivity index (χ4n) is 3.59. The molecule has 1 aromatic heterocycles. The number of rotatable bonds is 5. The summed E-state index contributed by atoms with van der Waals surface area (Å²) in [4.78, 5) is 14.6. The maximum Gasteiger partial charge on any atom is 0.252 e. The Bertz CT molecular complexity index is 1160. The normalized spacial score (nSPS) is 16.3. The van der Waals surface area contributed by atoms with E-state index >= 15 is 0 Å². The van der Waals surface area contributed by atoms with Crippen molar-refractivity contribution in [2.24, 2.45) is 0 Å². The van der Waals surface area contributed by atoms with Crippen LogP contribution >= 0.6 is 0 Å². The minimum Gasteiger partial charge on any atom is -0.338 e. The highest BCUT2D eigenvalue weighted by atomic mass is 32.2. The van der Waals surface area contributed by atoms with Crippen LogP contribution in [0.2, 0.25) is 0 Å². The lowest BCUT2D eigenvalue weighted by Crippen LogP contribution is -2.52. The van der Waals surface area contributed by atoms with Gasteiger partial charge in [0.2, 0.25) is 10.0 Å². The number of halogens is 2. The van der Waals surface area contributed by atoms with E-state index in [1.54, 1.807) is 28.0 Å². The standard InChI is InChI=1S/C21H20F2N4O3S/c22-18-8-7-17(15-19(18)23)31(29,30)26-13-11-25(12-14-26)21(28)20(27-10-4-9-24-27)16-5-2-1-3-6-16/h1-10,15,20H,11-14H2. The van der Waals surface area contributed by atoms with Crippen LogP contribution in [0.25, 0.3) is 0 Å². The molecule has 0 radical (unpaired) electrons. The molecule has 0 aliphatic carbocycles. The molecule has 0 bridgehead atoms. The number of hydrogen-bond acceptors (Lipinski definition) is 4. The van der Waals surface area contributed by atoms with Crippen LogP contribution in [0.1, 0.15) is 11.6 Å². The molecule has 1 fully saturated rings. The minimum atomic E-state index is -3.99. The second kappa shape index (κ2) is 8.56. The van der Waals surface area contributed by atoms with Gasteiger partial charge in [-0.2, -0.15) is 9.40 Å². The molecule has 0 N–H and O–H groups in total. The molecule has 3 aromatic rings. The lowest BCUT2D eigenvalue weighted by molar-refractivity contribution is -0.135. The Balaban J connectivity index is 1.51. The molecular weight excluding hydrogens is 426 g/mol. The van der Waals surface area contributed by atoms with Crippen molar-refractivity contribution in [3.05, 3.63) is 84.2 Å². The van der Waals surface area contributed by atoms with Crippen molar-refractivity contribution in [2.75, 3.05) is 26.2 Å². The van der Waals surface area contributed by atoms with E-state index in [1.165, 1.54) is 4.31 Å². The summed E-state index contributed by atoms with van der Waals surface area (Å²) < 4.78 is 55.0. The van der Waals surface area contributed by atoms with Crippen molar-refractivity contribution in [3.8, 4) is 0 Å². The second-order valence-electron chi connectivity index (χ2n) is 7.10. The average molecular weight is 446 g/mol. The summed E-state index contributed by atoms with van der Waals surface area (Å²) in [6.07, 6.45) is 3.30. The van der Waals surface area contributed by atoms with Crippen molar-refractivity contribution in [2.45, 2.75) is 10.9 Å². The molecule has 2 heterocycles. The third kappa shape index (κ3) is 4.21. The van der Waals surface area contributed by atoms with Crippen molar-refractivity contribution in [1.82, 2.24) is 19.0 Å². The fraction of sp³-hybridized carbons (Fsp3) is 0.238. The Labute approximate surface area is 178 Å². The van der Waals surface area contributed by atoms with Crippen LogP contribution in [0.15, 0.2) is 71.9 Å². The van der Waals surface area contributed by atoms with Crippen molar-refractivity contribution in [3.63, 3.8) is 0 Å². The zero-order chi connectivity index (χ0) is 22.0. The van der Waals surface area contributed by atoms with E-state index in [0.29, 0.717) is 6.07 Å². The summed E-state index contributed by atoms with van der Waals surface area (Å²) in [5.41, 5.74) is 0.771. The van der Waals surface area contributed by atoms with Crippen molar-refractivity contribution < 1.29 is 22.0 Å². The summed E-state index contributed by atoms with van der Waals surface area (Å²) >= 11 is 0. The number of aromatic nitrogens is 2. The van der Waals surface area contributed by atoms with Crippen molar-refractivity contribution in [1.29, 1.82) is 0 Å². The Morgan fingerprint density at radius 3 is 2.26 bits per heavy atom. The molecule has 162 valence electrons. The zero-order valence-corrected chi connectivity index (χ0v) is 17.3. The van der Waals surface area contributed by atoms with Gasteiger partial charge in [0, 0.05) is 38.6 Å². The quantitative estimate of drug-likeness (QED) is 0.603. The molecule has 2 aromatic carbocycles. The first-order valence-electron chi connectivity index (χ1n) is 9.66. The number of piperazine rings is 1. The maximum atomic E-state index is 13.5. The Morgan fingerprint density at radius 1 is 0.935 bits per heavy atom. The van der Waals surface area contributed by atoms with Crippen LogP contribution < -0.4 is 0 Å². The number of benzene rings is 2. The van der Waals surface area contributed by atoms with Crippen LogP contribution in [0.5, 0.6) is 0 Å². The Morgan fingerprint density at radius 2 is 1.65 bits per heavy atom. The first-order valence-corrected chi connectivity index (χ1v) is 11.1. The van der Waals surface area contributed by atoms with E-state index in [1.807, 2.05) is 30.3 Å². The minimum absolute atomic E-state index is 0.0493. The van der Waals surface area contributed by atoms with Crippen LogP contribution in [-0.4, -0.2) is 59.5 Å². The van der Waals surface area contributed by atoms with E-state index in [-0.39, 0.29) is 37.0 Å². The monoisotopic (exact) mass is 446 g/mol. The van der Waals surface area contributed by atoms with Gasteiger partial charge >= 0.3 is 0 Å². The number of nitrogens with zero attached hydrogens (tertiary/aromatic N) is 4. The van der Waals surface area contributed by atoms with E-state index in [4.69, 9.17) is 0 Å². The van der Waals surface area contributed by atoms with E-state index in [0.717, 1.165) is 17.7 Å². The summed E-state index contributed by atoms with van der Waals surface area (Å²) in [5, 5.41) is 4.21. The first kappa shape index (κ1) is 21.1. The van der Waals surface area contributed by atoms with Gasteiger partial charge in [0.1, 0.15) is 0 Å². The smallest absolute Gasteiger partial charge is 0.252 e. The number of carbonyl (C=O) groups excluding carboxylic acids is 1. The average Bonchev–Trinajstić information content (AvgIpc) is 3.31. The largest absolute Gasteiger partial charge is 0.338 e. The van der Waals surface area contributed by atoms with Crippen molar-refractivity contribution >= 4 is 15.9 Å². The Kier molecular flexibility index (Phi) is 5.84. The molecule has 31 heavy (non-hydrogen) atoms. The highest BCUT2D eigenvalue weighted by Crippen LogP contribution is 2.23. The zero-order valence-electron chi connectivity index (χ0n) is 16.4. The van der Waals surface area contributed by atoms with E-state index < -0.39 is 27.7 Å². The third-order valence-electron chi connectivity index (χ3n) is 5.22. The van der Waals surface area contributed by atoms with Gasteiger partial charge < -0.3 is 4.90 Å².